The summed E-state index contributed by atoms with van der Waals surface area (Å²) in [6.07, 6.45) is 3.78. The standard InChI is InChI=1S/C28H36FN5O5/c1-19(2)7-10-25-31-26(32-39-25)22-9-8-21(18-23(22)29)37-17-5-11-33-12-14-34(15-13-33)28(36)20(3)30-27(35)24-6-4-16-38-24/h4,6,8-9,16,18-20H,5,7,10-15,17H2,1-3H3,(H,30,35)/t20-/m1/s1. The van der Waals surface area contributed by atoms with E-state index < -0.39 is 17.8 Å². The van der Waals surface area contributed by atoms with Gasteiger partial charge in [0.15, 0.2) is 5.76 Å². The van der Waals surface area contributed by atoms with E-state index in [1.54, 1.807) is 36.1 Å². The molecule has 1 aliphatic heterocycles. The fraction of sp³-hybridized carbons (Fsp3) is 0.500. The third kappa shape index (κ3) is 7.89. The van der Waals surface area contributed by atoms with E-state index in [9.17, 15) is 14.0 Å². The first kappa shape index (κ1) is 28.3. The lowest BCUT2D eigenvalue weighted by Gasteiger charge is -2.36. The lowest BCUT2D eigenvalue weighted by molar-refractivity contribution is -0.134. The molecule has 39 heavy (non-hydrogen) atoms. The van der Waals surface area contributed by atoms with Crippen molar-refractivity contribution in [1.82, 2.24) is 25.3 Å². The second-order valence-corrected chi connectivity index (χ2v) is 10.1. The molecule has 1 aliphatic rings. The van der Waals surface area contributed by atoms with Crippen LogP contribution in [0.5, 0.6) is 5.75 Å². The van der Waals surface area contributed by atoms with Gasteiger partial charge in [-0.15, -0.1) is 0 Å². The minimum Gasteiger partial charge on any atom is -0.493 e. The molecule has 0 aliphatic carbocycles. The van der Waals surface area contributed by atoms with Gasteiger partial charge in [-0.2, -0.15) is 4.98 Å². The van der Waals surface area contributed by atoms with Crippen LogP contribution in [0.3, 0.4) is 0 Å². The van der Waals surface area contributed by atoms with Gasteiger partial charge >= 0.3 is 0 Å². The first-order valence-electron chi connectivity index (χ1n) is 13.4. The number of hydrogen-bond donors (Lipinski definition) is 1. The molecule has 1 N–H and O–H groups in total. The molecule has 1 saturated heterocycles. The molecule has 1 atom stereocenters. The van der Waals surface area contributed by atoms with Crippen LogP contribution in [0.1, 0.15) is 50.1 Å². The number of ether oxygens (including phenoxy) is 1. The molecule has 0 bridgehead atoms. The average molecular weight is 542 g/mol. The molecule has 0 spiro atoms. The zero-order valence-electron chi connectivity index (χ0n) is 22.7. The number of carbonyl (C=O) groups excluding carboxylic acids is 2. The molecule has 0 saturated carbocycles. The Balaban J connectivity index is 1.15. The highest BCUT2D eigenvalue weighted by Crippen LogP contribution is 2.25. The highest BCUT2D eigenvalue weighted by atomic mass is 19.1. The van der Waals surface area contributed by atoms with Gasteiger partial charge in [-0.05, 0) is 49.9 Å². The van der Waals surface area contributed by atoms with E-state index in [0.717, 1.165) is 32.5 Å². The highest BCUT2D eigenvalue weighted by Gasteiger charge is 2.26. The second kappa shape index (κ2) is 13.4. The summed E-state index contributed by atoms with van der Waals surface area (Å²) in [4.78, 5) is 33.2. The number of nitrogens with zero attached hydrogens (tertiary/aromatic N) is 4. The minimum atomic E-state index is -0.638. The Kier molecular flexibility index (Phi) is 9.69. The quantitative estimate of drug-likeness (QED) is 0.345. The fourth-order valence-corrected chi connectivity index (χ4v) is 4.33. The van der Waals surface area contributed by atoms with Crippen LogP contribution in [-0.2, 0) is 11.2 Å². The largest absolute Gasteiger partial charge is 0.493 e. The van der Waals surface area contributed by atoms with Crippen molar-refractivity contribution in [2.45, 2.75) is 46.1 Å². The molecular formula is C28H36FN5O5. The summed E-state index contributed by atoms with van der Waals surface area (Å²) in [5.74, 6) is 0.911. The number of carbonyl (C=O) groups is 2. The minimum absolute atomic E-state index is 0.115. The van der Waals surface area contributed by atoms with Crippen LogP contribution in [0.25, 0.3) is 11.4 Å². The number of furan rings is 1. The van der Waals surface area contributed by atoms with E-state index in [2.05, 4.69) is 34.2 Å². The number of aromatic nitrogens is 2. The van der Waals surface area contributed by atoms with Crippen molar-refractivity contribution >= 4 is 11.8 Å². The Hall–Kier alpha value is -3.73. The number of hydrogen-bond acceptors (Lipinski definition) is 8. The smallest absolute Gasteiger partial charge is 0.287 e. The predicted molar refractivity (Wildman–Crippen MR) is 142 cm³/mol. The van der Waals surface area contributed by atoms with Gasteiger partial charge in [-0.3, -0.25) is 14.5 Å². The van der Waals surface area contributed by atoms with Gasteiger partial charge in [-0.1, -0.05) is 19.0 Å². The van der Waals surface area contributed by atoms with E-state index in [4.69, 9.17) is 13.7 Å². The van der Waals surface area contributed by atoms with Crippen LogP contribution in [0.2, 0.25) is 0 Å². The lowest BCUT2D eigenvalue weighted by Crippen LogP contribution is -2.54. The molecule has 2 aromatic heterocycles. The number of nitrogens with one attached hydrogen (secondary N) is 1. The highest BCUT2D eigenvalue weighted by molar-refractivity contribution is 5.95. The van der Waals surface area contributed by atoms with Crippen molar-refractivity contribution in [3.05, 3.63) is 54.1 Å². The van der Waals surface area contributed by atoms with Crippen molar-refractivity contribution in [3.63, 3.8) is 0 Å². The van der Waals surface area contributed by atoms with Crippen LogP contribution < -0.4 is 10.1 Å². The summed E-state index contributed by atoms with van der Waals surface area (Å²) >= 11 is 0. The van der Waals surface area contributed by atoms with E-state index in [-0.39, 0.29) is 23.1 Å². The molecule has 0 unspecified atom stereocenters. The molecule has 0 radical (unpaired) electrons. The topological polar surface area (TPSA) is 114 Å². The molecular weight excluding hydrogens is 505 g/mol. The van der Waals surface area contributed by atoms with E-state index in [0.29, 0.717) is 43.7 Å². The number of aryl methyl sites for hydroxylation is 1. The number of piperazine rings is 1. The van der Waals surface area contributed by atoms with Gasteiger partial charge < -0.3 is 23.9 Å². The average Bonchev–Trinajstić information content (AvgIpc) is 3.63. The summed E-state index contributed by atoms with van der Waals surface area (Å²) in [5.41, 5.74) is 0.282. The Morgan fingerprint density at radius 2 is 1.95 bits per heavy atom. The third-order valence-corrected chi connectivity index (χ3v) is 6.62. The summed E-state index contributed by atoms with van der Waals surface area (Å²) < 4.78 is 30.8. The number of rotatable bonds is 12. The summed E-state index contributed by atoms with van der Waals surface area (Å²) in [5, 5.41) is 6.59. The molecule has 3 heterocycles. The van der Waals surface area contributed by atoms with E-state index in [1.807, 2.05) is 0 Å². The molecule has 3 aromatic rings. The molecule has 10 nitrogen and oxygen atoms in total. The summed E-state index contributed by atoms with van der Waals surface area (Å²) in [6.45, 7) is 9.80. The van der Waals surface area contributed by atoms with Gasteiger partial charge in [0.1, 0.15) is 17.6 Å². The summed E-state index contributed by atoms with van der Waals surface area (Å²) in [7, 11) is 0. The Morgan fingerprint density at radius 1 is 1.15 bits per heavy atom. The molecule has 4 rings (SSSR count). The Morgan fingerprint density at radius 3 is 2.64 bits per heavy atom. The van der Waals surface area contributed by atoms with Crippen LogP contribution in [0.4, 0.5) is 4.39 Å². The maximum atomic E-state index is 14.7. The van der Waals surface area contributed by atoms with Crippen LogP contribution in [0.15, 0.2) is 45.5 Å². The number of amides is 2. The van der Waals surface area contributed by atoms with Crippen molar-refractivity contribution in [1.29, 1.82) is 0 Å². The first-order chi connectivity index (χ1) is 18.8. The van der Waals surface area contributed by atoms with Gasteiger partial charge in [0.05, 0.1) is 18.4 Å². The number of benzene rings is 1. The van der Waals surface area contributed by atoms with Crippen molar-refractivity contribution in [3.8, 4) is 17.1 Å². The second-order valence-electron chi connectivity index (χ2n) is 10.1. The fourth-order valence-electron chi connectivity index (χ4n) is 4.33. The molecule has 2 amide bonds. The van der Waals surface area contributed by atoms with E-state index in [1.165, 1.54) is 12.3 Å². The van der Waals surface area contributed by atoms with Crippen LogP contribution in [-0.4, -0.2) is 77.1 Å². The van der Waals surface area contributed by atoms with Crippen molar-refractivity contribution < 1.29 is 27.7 Å². The van der Waals surface area contributed by atoms with Gasteiger partial charge in [-0.25, -0.2) is 4.39 Å². The summed E-state index contributed by atoms with van der Waals surface area (Å²) in [6, 6.07) is 7.20. The van der Waals surface area contributed by atoms with E-state index >= 15 is 0 Å². The Labute approximate surface area is 227 Å². The van der Waals surface area contributed by atoms with Crippen molar-refractivity contribution in [2.24, 2.45) is 5.92 Å². The van der Waals surface area contributed by atoms with Gasteiger partial charge in [0.2, 0.25) is 17.6 Å². The first-order valence-corrected chi connectivity index (χ1v) is 13.4. The SMILES string of the molecule is CC(C)CCc1nc(-c2ccc(OCCCN3CCN(C(=O)[C@@H](C)NC(=O)c4ccco4)CC3)cc2F)no1. The molecule has 11 heteroatoms. The zero-order chi connectivity index (χ0) is 27.8. The zero-order valence-corrected chi connectivity index (χ0v) is 22.7. The maximum absolute atomic E-state index is 14.7. The van der Waals surface area contributed by atoms with Crippen LogP contribution in [0, 0.1) is 11.7 Å². The van der Waals surface area contributed by atoms with Crippen molar-refractivity contribution in [2.75, 3.05) is 39.3 Å². The lowest BCUT2D eigenvalue weighted by atomic mass is 10.1. The Bertz CT molecular complexity index is 1220. The normalized spacial score (nSPS) is 14.9. The van der Waals surface area contributed by atoms with Crippen LogP contribution >= 0.6 is 0 Å². The molecule has 210 valence electrons. The molecule has 1 fully saturated rings. The monoisotopic (exact) mass is 541 g/mol. The van der Waals surface area contributed by atoms with Gasteiger partial charge in [0, 0.05) is 45.2 Å². The number of halogens is 1. The predicted octanol–water partition coefficient (Wildman–Crippen LogP) is 3.79. The maximum Gasteiger partial charge on any atom is 0.287 e. The third-order valence-electron chi connectivity index (χ3n) is 6.62. The van der Waals surface area contributed by atoms with Gasteiger partial charge in [0.25, 0.3) is 5.91 Å². The molecule has 1 aromatic carbocycles.